The van der Waals surface area contributed by atoms with Crippen LogP contribution in [-0.2, 0) is 0 Å². The molecule has 1 aromatic rings. The third kappa shape index (κ3) is 3.10. The standard InChI is InChI=1S/C14H18N2O3/c1-2-3-8-15(12-4-5-12)13-6-7-14(16(18)19)11(9-13)10-17/h6-7,9-10,12H,2-5,8H2,1H3. The first-order chi connectivity index (χ1) is 9.17. The third-order valence-electron chi connectivity index (χ3n) is 3.41. The summed E-state index contributed by atoms with van der Waals surface area (Å²) in [7, 11) is 0. The first-order valence-electron chi connectivity index (χ1n) is 6.67. The van der Waals surface area contributed by atoms with E-state index in [9.17, 15) is 14.9 Å². The molecule has 0 aliphatic heterocycles. The number of benzene rings is 1. The summed E-state index contributed by atoms with van der Waals surface area (Å²) in [6.45, 7) is 3.08. The van der Waals surface area contributed by atoms with Gasteiger partial charge in [-0.3, -0.25) is 14.9 Å². The Balaban J connectivity index is 2.27. The molecule has 2 rings (SSSR count). The highest BCUT2D eigenvalue weighted by Gasteiger charge is 2.29. The van der Waals surface area contributed by atoms with Gasteiger partial charge in [0.15, 0.2) is 6.29 Å². The molecule has 5 nitrogen and oxygen atoms in total. The molecule has 0 unspecified atom stereocenters. The molecule has 5 heteroatoms. The minimum Gasteiger partial charge on any atom is -0.369 e. The lowest BCUT2D eigenvalue weighted by Crippen LogP contribution is -2.26. The molecule has 1 fully saturated rings. The van der Waals surface area contributed by atoms with E-state index in [0.29, 0.717) is 12.3 Å². The maximum atomic E-state index is 11.0. The summed E-state index contributed by atoms with van der Waals surface area (Å²) in [5, 5.41) is 10.8. The summed E-state index contributed by atoms with van der Waals surface area (Å²) in [5.74, 6) is 0. The Morgan fingerprint density at radius 2 is 2.21 bits per heavy atom. The summed E-state index contributed by atoms with van der Waals surface area (Å²) in [6.07, 6.45) is 5.08. The van der Waals surface area contributed by atoms with E-state index < -0.39 is 4.92 Å². The normalized spacial score (nSPS) is 14.2. The minimum absolute atomic E-state index is 0.120. The van der Waals surface area contributed by atoms with Crippen LogP contribution < -0.4 is 4.90 Å². The van der Waals surface area contributed by atoms with Crippen LogP contribution in [0.1, 0.15) is 43.0 Å². The summed E-state index contributed by atoms with van der Waals surface area (Å²) >= 11 is 0. The minimum atomic E-state index is -0.513. The molecule has 0 amide bonds. The van der Waals surface area contributed by atoms with Gasteiger partial charge in [0, 0.05) is 24.3 Å². The fourth-order valence-corrected chi connectivity index (χ4v) is 2.22. The van der Waals surface area contributed by atoms with Crippen molar-refractivity contribution in [2.24, 2.45) is 0 Å². The average Bonchev–Trinajstić information content (AvgIpc) is 3.23. The van der Waals surface area contributed by atoms with Crippen molar-refractivity contribution in [3.8, 4) is 0 Å². The molecular formula is C14H18N2O3. The molecule has 102 valence electrons. The summed E-state index contributed by atoms with van der Waals surface area (Å²) < 4.78 is 0. The highest BCUT2D eigenvalue weighted by atomic mass is 16.6. The highest BCUT2D eigenvalue weighted by Crippen LogP contribution is 2.33. The van der Waals surface area contributed by atoms with Crippen molar-refractivity contribution in [1.82, 2.24) is 0 Å². The molecule has 1 aliphatic carbocycles. The Morgan fingerprint density at radius 1 is 1.47 bits per heavy atom. The van der Waals surface area contributed by atoms with Gasteiger partial charge in [0.25, 0.3) is 5.69 Å². The summed E-state index contributed by atoms with van der Waals surface area (Å²) in [5.41, 5.74) is 0.957. The number of hydrogen-bond donors (Lipinski definition) is 0. The van der Waals surface area contributed by atoms with Crippen LogP contribution in [0.3, 0.4) is 0 Å². The predicted molar refractivity (Wildman–Crippen MR) is 73.8 cm³/mol. The van der Waals surface area contributed by atoms with Crippen LogP contribution in [0.5, 0.6) is 0 Å². The first-order valence-corrected chi connectivity index (χ1v) is 6.67. The molecule has 1 aromatic carbocycles. The fourth-order valence-electron chi connectivity index (χ4n) is 2.22. The van der Waals surface area contributed by atoms with Gasteiger partial charge in [-0.15, -0.1) is 0 Å². The van der Waals surface area contributed by atoms with Gasteiger partial charge in [-0.25, -0.2) is 0 Å². The molecule has 1 aliphatic rings. The first kappa shape index (κ1) is 13.5. The molecule has 0 aromatic heterocycles. The molecule has 19 heavy (non-hydrogen) atoms. The second-order valence-corrected chi connectivity index (χ2v) is 4.90. The van der Waals surface area contributed by atoms with Gasteiger partial charge in [0.05, 0.1) is 10.5 Å². The molecule has 0 bridgehead atoms. The molecule has 0 spiro atoms. The van der Waals surface area contributed by atoms with Crippen molar-refractivity contribution < 1.29 is 9.72 Å². The number of unbranched alkanes of at least 4 members (excludes halogenated alkanes) is 1. The zero-order valence-electron chi connectivity index (χ0n) is 11.0. The zero-order valence-corrected chi connectivity index (χ0v) is 11.0. The van der Waals surface area contributed by atoms with Crippen molar-refractivity contribution in [3.05, 3.63) is 33.9 Å². The lowest BCUT2D eigenvalue weighted by Gasteiger charge is -2.24. The Bertz CT molecular complexity index is 484. The van der Waals surface area contributed by atoms with Gasteiger partial charge in [-0.05, 0) is 31.4 Å². The van der Waals surface area contributed by atoms with Crippen molar-refractivity contribution in [3.63, 3.8) is 0 Å². The molecular weight excluding hydrogens is 244 g/mol. The lowest BCUT2D eigenvalue weighted by atomic mass is 10.1. The number of anilines is 1. The molecule has 0 heterocycles. The maximum absolute atomic E-state index is 11.0. The van der Waals surface area contributed by atoms with E-state index in [1.165, 1.54) is 6.07 Å². The molecule has 0 atom stereocenters. The Morgan fingerprint density at radius 3 is 2.74 bits per heavy atom. The lowest BCUT2D eigenvalue weighted by molar-refractivity contribution is -0.385. The van der Waals surface area contributed by atoms with Gasteiger partial charge in [-0.1, -0.05) is 13.3 Å². The van der Waals surface area contributed by atoms with Crippen LogP contribution in [0, 0.1) is 10.1 Å². The fraction of sp³-hybridized carbons (Fsp3) is 0.500. The van der Waals surface area contributed by atoms with Crippen molar-refractivity contribution in [2.75, 3.05) is 11.4 Å². The monoisotopic (exact) mass is 262 g/mol. The summed E-state index contributed by atoms with van der Waals surface area (Å²) in [6, 6.07) is 5.35. The third-order valence-corrected chi connectivity index (χ3v) is 3.41. The largest absolute Gasteiger partial charge is 0.369 e. The van der Waals surface area contributed by atoms with Gasteiger partial charge >= 0.3 is 0 Å². The van der Waals surface area contributed by atoms with Gasteiger partial charge < -0.3 is 4.90 Å². The van der Waals surface area contributed by atoms with Crippen LogP contribution in [-0.4, -0.2) is 23.8 Å². The zero-order chi connectivity index (χ0) is 13.8. The number of nitrogens with zero attached hydrogens (tertiary/aromatic N) is 2. The smallest absolute Gasteiger partial charge is 0.280 e. The van der Waals surface area contributed by atoms with Crippen molar-refractivity contribution in [1.29, 1.82) is 0 Å². The number of carbonyl (C=O) groups excluding carboxylic acids is 1. The van der Waals surface area contributed by atoms with E-state index in [-0.39, 0.29) is 11.3 Å². The number of nitro groups is 1. The van der Waals surface area contributed by atoms with Crippen molar-refractivity contribution in [2.45, 2.75) is 38.6 Å². The van der Waals surface area contributed by atoms with Crippen LogP contribution >= 0.6 is 0 Å². The van der Waals surface area contributed by atoms with Gasteiger partial charge in [-0.2, -0.15) is 0 Å². The number of carbonyl (C=O) groups is 1. The maximum Gasteiger partial charge on any atom is 0.280 e. The van der Waals surface area contributed by atoms with E-state index in [2.05, 4.69) is 11.8 Å². The number of aldehydes is 1. The second kappa shape index (κ2) is 5.82. The number of nitro benzene ring substituents is 1. The van der Waals surface area contributed by atoms with Gasteiger partial charge in [0.1, 0.15) is 0 Å². The van der Waals surface area contributed by atoms with E-state index in [4.69, 9.17) is 0 Å². The van der Waals surface area contributed by atoms with Crippen LogP contribution in [0.2, 0.25) is 0 Å². The summed E-state index contributed by atoms with van der Waals surface area (Å²) in [4.78, 5) is 23.5. The average molecular weight is 262 g/mol. The Labute approximate surface area is 112 Å². The number of hydrogen-bond acceptors (Lipinski definition) is 4. The molecule has 0 saturated heterocycles. The van der Waals surface area contributed by atoms with Crippen LogP contribution in [0.15, 0.2) is 18.2 Å². The highest BCUT2D eigenvalue weighted by molar-refractivity contribution is 5.83. The quantitative estimate of drug-likeness (QED) is 0.430. The van der Waals surface area contributed by atoms with E-state index in [0.717, 1.165) is 37.9 Å². The van der Waals surface area contributed by atoms with Crippen LogP contribution in [0.4, 0.5) is 11.4 Å². The van der Waals surface area contributed by atoms with Crippen LogP contribution in [0.25, 0.3) is 0 Å². The molecule has 0 N–H and O–H groups in total. The Hall–Kier alpha value is -1.91. The van der Waals surface area contributed by atoms with Crippen molar-refractivity contribution >= 4 is 17.7 Å². The second-order valence-electron chi connectivity index (χ2n) is 4.90. The number of rotatable bonds is 7. The van der Waals surface area contributed by atoms with E-state index in [1.807, 2.05) is 0 Å². The SMILES string of the molecule is CCCCN(c1ccc([N+](=O)[O-])c(C=O)c1)C1CC1. The van der Waals surface area contributed by atoms with E-state index >= 15 is 0 Å². The Kier molecular flexibility index (Phi) is 4.14. The molecule has 1 saturated carbocycles. The van der Waals surface area contributed by atoms with E-state index in [1.54, 1.807) is 12.1 Å². The predicted octanol–water partition coefficient (Wildman–Crippen LogP) is 3.18. The van der Waals surface area contributed by atoms with Gasteiger partial charge in [0.2, 0.25) is 0 Å². The topological polar surface area (TPSA) is 63.4 Å². The molecule has 0 radical (unpaired) electrons.